The van der Waals surface area contributed by atoms with E-state index in [1.54, 1.807) is 0 Å². The lowest BCUT2D eigenvalue weighted by Gasteiger charge is -2.08. The molecule has 0 heterocycles. The highest BCUT2D eigenvalue weighted by Gasteiger charge is 2.33. The number of hydrogen-bond acceptors (Lipinski definition) is 3. The van der Waals surface area contributed by atoms with Crippen molar-refractivity contribution in [2.45, 2.75) is 13.1 Å². The number of anilines is 1. The maximum Gasteiger partial charge on any atom is 0.416 e. The van der Waals surface area contributed by atoms with Gasteiger partial charge < -0.3 is 5.32 Å². The fraction of sp³-hybridized carbons (Fsp3) is 0.222. The van der Waals surface area contributed by atoms with Crippen LogP contribution in [0.15, 0.2) is 18.2 Å². The predicted octanol–water partition coefficient (Wildman–Crippen LogP) is 2.57. The molecule has 0 aliphatic heterocycles. The first-order valence-electron chi connectivity index (χ1n) is 4.35. The van der Waals surface area contributed by atoms with Crippen molar-refractivity contribution in [3.63, 3.8) is 0 Å². The smallest absolute Gasteiger partial charge is 0.321 e. The molecule has 0 aliphatic carbocycles. The van der Waals surface area contributed by atoms with Gasteiger partial charge >= 0.3 is 6.18 Å². The second kappa shape index (κ2) is 4.40. The number of hydrogen-bond donors (Lipinski definition) is 1. The second-order valence-corrected chi connectivity index (χ2v) is 3.17. The Hall–Kier alpha value is -2.12. The third-order valence-electron chi connectivity index (χ3n) is 1.83. The number of nitrogens with one attached hydrogen (secondary N) is 1. The molecular weight excluding hydrogens is 241 g/mol. The molecule has 0 aliphatic rings. The maximum absolute atomic E-state index is 12.3. The number of rotatable bonds is 2. The van der Waals surface area contributed by atoms with E-state index in [0.717, 1.165) is 13.0 Å². The van der Waals surface area contributed by atoms with Crippen molar-refractivity contribution in [2.75, 3.05) is 5.32 Å². The summed E-state index contributed by atoms with van der Waals surface area (Å²) in [5.74, 6) is -0.604. The zero-order valence-corrected chi connectivity index (χ0v) is 8.54. The van der Waals surface area contributed by atoms with E-state index in [2.05, 4.69) is 5.32 Å². The van der Waals surface area contributed by atoms with E-state index in [0.29, 0.717) is 12.1 Å². The van der Waals surface area contributed by atoms with Crippen LogP contribution >= 0.6 is 0 Å². The van der Waals surface area contributed by atoms with Gasteiger partial charge in [0, 0.05) is 13.0 Å². The first kappa shape index (κ1) is 12.9. The number of halogens is 3. The lowest BCUT2D eigenvalue weighted by atomic mass is 10.1. The topological polar surface area (TPSA) is 72.2 Å². The van der Waals surface area contributed by atoms with Crippen molar-refractivity contribution in [1.29, 1.82) is 0 Å². The van der Waals surface area contributed by atoms with Crippen LogP contribution in [0.3, 0.4) is 0 Å². The van der Waals surface area contributed by atoms with Crippen molar-refractivity contribution in [2.24, 2.45) is 0 Å². The van der Waals surface area contributed by atoms with Gasteiger partial charge in [0.25, 0.3) is 5.69 Å². The molecule has 0 radical (unpaired) electrons. The van der Waals surface area contributed by atoms with E-state index in [9.17, 15) is 28.1 Å². The summed E-state index contributed by atoms with van der Waals surface area (Å²) >= 11 is 0. The van der Waals surface area contributed by atoms with Crippen molar-refractivity contribution in [1.82, 2.24) is 0 Å². The number of nitrogens with zero attached hydrogens (tertiary/aromatic N) is 1. The standard InChI is InChI=1S/C9H7F3N2O3/c1-5(15)13-7-3-2-6(9(10,11)12)4-8(7)14(16)17/h2-4H,1H3,(H,13,15). The average Bonchev–Trinajstić information content (AvgIpc) is 2.15. The molecule has 1 N–H and O–H groups in total. The van der Waals surface area contributed by atoms with Gasteiger partial charge in [-0.05, 0) is 12.1 Å². The Labute approximate surface area is 93.4 Å². The van der Waals surface area contributed by atoms with Crippen LogP contribution in [0.4, 0.5) is 24.5 Å². The molecular formula is C9H7F3N2O3. The fourth-order valence-corrected chi connectivity index (χ4v) is 1.15. The van der Waals surface area contributed by atoms with Crippen LogP contribution in [0.5, 0.6) is 0 Å². The number of carbonyl (C=O) groups is 1. The largest absolute Gasteiger partial charge is 0.416 e. The highest BCUT2D eigenvalue weighted by Crippen LogP contribution is 2.34. The molecule has 0 unspecified atom stereocenters. The molecule has 0 saturated heterocycles. The Morgan fingerprint density at radius 1 is 1.41 bits per heavy atom. The van der Waals surface area contributed by atoms with Crippen LogP contribution in [-0.2, 0) is 11.0 Å². The summed E-state index contributed by atoms with van der Waals surface area (Å²) in [6, 6.07) is 1.89. The van der Waals surface area contributed by atoms with E-state index in [1.807, 2.05) is 0 Å². The molecule has 5 nitrogen and oxygen atoms in total. The number of alkyl halides is 3. The van der Waals surface area contributed by atoms with Crippen LogP contribution in [0.25, 0.3) is 0 Å². The van der Waals surface area contributed by atoms with Gasteiger partial charge in [0.15, 0.2) is 0 Å². The van der Waals surface area contributed by atoms with Crippen LogP contribution in [0, 0.1) is 10.1 Å². The van der Waals surface area contributed by atoms with E-state index in [4.69, 9.17) is 0 Å². The van der Waals surface area contributed by atoms with Gasteiger partial charge in [0.2, 0.25) is 5.91 Å². The molecule has 1 aromatic rings. The molecule has 0 atom stereocenters. The van der Waals surface area contributed by atoms with Gasteiger partial charge in [0.05, 0.1) is 10.5 Å². The molecule has 1 aromatic carbocycles. The minimum Gasteiger partial charge on any atom is -0.321 e. The van der Waals surface area contributed by atoms with Gasteiger partial charge in [0.1, 0.15) is 5.69 Å². The molecule has 0 aromatic heterocycles. The van der Waals surface area contributed by atoms with Gasteiger partial charge in [-0.15, -0.1) is 0 Å². The summed E-state index contributed by atoms with van der Waals surface area (Å²) in [6.07, 6.45) is -4.67. The third-order valence-corrected chi connectivity index (χ3v) is 1.83. The highest BCUT2D eigenvalue weighted by molar-refractivity contribution is 5.91. The number of amides is 1. The Morgan fingerprint density at radius 2 is 2.00 bits per heavy atom. The van der Waals surface area contributed by atoms with Crippen molar-refractivity contribution < 1.29 is 22.9 Å². The Morgan fingerprint density at radius 3 is 2.41 bits per heavy atom. The monoisotopic (exact) mass is 248 g/mol. The fourth-order valence-electron chi connectivity index (χ4n) is 1.15. The first-order chi connectivity index (χ1) is 7.71. The molecule has 1 rings (SSSR count). The average molecular weight is 248 g/mol. The molecule has 0 saturated carbocycles. The van der Waals surface area contributed by atoms with E-state index in [-0.39, 0.29) is 5.69 Å². The first-order valence-corrected chi connectivity index (χ1v) is 4.35. The Balaban J connectivity index is 3.27. The van der Waals surface area contributed by atoms with Crippen LogP contribution in [0.1, 0.15) is 12.5 Å². The van der Waals surface area contributed by atoms with E-state index < -0.39 is 28.3 Å². The van der Waals surface area contributed by atoms with Crippen molar-refractivity contribution in [3.05, 3.63) is 33.9 Å². The van der Waals surface area contributed by atoms with Crippen LogP contribution < -0.4 is 5.32 Å². The Bertz CT molecular complexity index is 471. The number of nitro groups is 1. The molecule has 92 valence electrons. The molecule has 0 fully saturated rings. The summed E-state index contributed by atoms with van der Waals surface area (Å²) in [4.78, 5) is 20.3. The molecule has 0 spiro atoms. The third kappa shape index (κ3) is 3.16. The quantitative estimate of drug-likeness (QED) is 0.645. The normalized spacial score (nSPS) is 11.1. The highest BCUT2D eigenvalue weighted by atomic mass is 19.4. The van der Waals surface area contributed by atoms with E-state index in [1.165, 1.54) is 0 Å². The van der Waals surface area contributed by atoms with Crippen molar-refractivity contribution in [3.8, 4) is 0 Å². The Kier molecular flexibility index (Phi) is 3.35. The zero-order chi connectivity index (χ0) is 13.2. The predicted molar refractivity (Wildman–Crippen MR) is 52.4 cm³/mol. The minimum absolute atomic E-state index is 0.268. The van der Waals surface area contributed by atoms with Gasteiger partial charge in [-0.1, -0.05) is 0 Å². The number of nitro benzene ring substituents is 1. The lowest BCUT2D eigenvalue weighted by Crippen LogP contribution is -2.10. The van der Waals surface area contributed by atoms with Gasteiger partial charge in [-0.25, -0.2) is 0 Å². The van der Waals surface area contributed by atoms with Crippen molar-refractivity contribution >= 4 is 17.3 Å². The zero-order valence-electron chi connectivity index (χ0n) is 8.54. The summed E-state index contributed by atoms with van der Waals surface area (Å²) in [6.45, 7) is 1.10. The summed E-state index contributed by atoms with van der Waals surface area (Å²) in [7, 11) is 0. The lowest BCUT2D eigenvalue weighted by molar-refractivity contribution is -0.384. The molecule has 17 heavy (non-hydrogen) atoms. The van der Waals surface area contributed by atoms with Crippen LogP contribution in [0.2, 0.25) is 0 Å². The number of carbonyl (C=O) groups excluding carboxylic acids is 1. The molecule has 1 amide bonds. The van der Waals surface area contributed by atoms with E-state index >= 15 is 0 Å². The van der Waals surface area contributed by atoms with Crippen LogP contribution in [-0.4, -0.2) is 10.8 Å². The van der Waals surface area contributed by atoms with Gasteiger partial charge in [-0.3, -0.25) is 14.9 Å². The number of benzene rings is 1. The summed E-state index contributed by atoms with van der Waals surface area (Å²) in [5.41, 5.74) is -2.20. The second-order valence-electron chi connectivity index (χ2n) is 3.17. The molecule has 0 bridgehead atoms. The SMILES string of the molecule is CC(=O)Nc1ccc(C(F)(F)F)cc1[N+](=O)[O-]. The summed E-state index contributed by atoms with van der Waals surface area (Å²) in [5, 5.41) is 12.7. The maximum atomic E-state index is 12.3. The van der Waals surface area contributed by atoms with Gasteiger partial charge in [-0.2, -0.15) is 13.2 Å². The minimum atomic E-state index is -4.67. The summed E-state index contributed by atoms with van der Waals surface area (Å²) < 4.78 is 36.9. The molecule has 8 heteroatoms.